The third-order valence-corrected chi connectivity index (χ3v) is 4.83. The second kappa shape index (κ2) is 11.5. The monoisotopic (exact) mass is 348 g/mol. The van der Waals surface area contributed by atoms with E-state index in [4.69, 9.17) is 0 Å². The Balaban J connectivity index is 2.04. The molecule has 138 valence electrons. The summed E-state index contributed by atoms with van der Waals surface area (Å²) in [7, 11) is 0. The van der Waals surface area contributed by atoms with E-state index in [-0.39, 0.29) is 0 Å². The Hall–Kier alpha value is -2.15. The highest BCUT2D eigenvalue weighted by molar-refractivity contribution is 5.95. The van der Waals surface area contributed by atoms with Crippen LogP contribution in [0.3, 0.4) is 0 Å². The number of unbranched alkanes of at least 4 members (excludes halogenated alkanes) is 2. The number of hydrogen-bond acceptors (Lipinski definition) is 1. The average molecular weight is 349 g/mol. The van der Waals surface area contributed by atoms with Gasteiger partial charge in [-0.15, -0.1) is 0 Å². The van der Waals surface area contributed by atoms with Gasteiger partial charge in [0.1, 0.15) is 0 Å². The number of hydrogen-bond donors (Lipinski definition) is 0. The molecule has 0 radical (unpaired) electrons. The molecular formula is C25H32O. The van der Waals surface area contributed by atoms with Gasteiger partial charge in [0, 0.05) is 12.8 Å². The van der Waals surface area contributed by atoms with Gasteiger partial charge in [0.15, 0.2) is 5.78 Å². The van der Waals surface area contributed by atoms with Crippen LogP contribution < -0.4 is 0 Å². The van der Waals surface area contributed by atoms with E-state index in [0.29, 0.717) is 18.1 Å². The normalized spacial score (nSPS) is 12.8. The maximum absolute atomic E-state index is 12.9. The van der Waals surface area contributed by atoms with Crippen LogP contribution in [0.4, 0.5) is 0 Å². The average Bonchev–Trinajstić information content (AvgIpc) is 2.67. The van der Waals surface area contributed by atoms with E-state index in [2.05, 4.69) is 44.2 Å². The minimum Gasteiger partial charge on any atom is -0.295 e. The third kappa shape index (κ3) is 7.39. The third-order valence-electron chi connectivity index (χ3n) is 4.83. The number of rotatable bonds is 11. The molecule has 2 aromatic carbocycles. The standard InChI is InChI=1S/C25H32O/c1-3-4-7-12-21(2)19-24(20-23-15-10-6-11-16-23)25(26)18-17-22-13-8-5-9-14-22/h5-6,8-11,13-16,19,21H,3-4,7,12,17-18,20H2,1-2H3/b24-19+. The van der Waals surface area contributed by atoms with Gasteiger partial charge < -0.3 is 0 Å². The van der Waals surface area contributed by atoms with Crippen LogP contribution in [-0.4, -0.2) is 5.78 Å². The van der Waals surface area contributed by atoms with Crippen molar-refractivity contribution in [3.8, 4) is 0 Å². The first-order valence-corrected chi connectivity index (χ1v) is 10.0. The van der Waals surface area contributed by atoms with Crippen molar-refractivity contribution in [2.45, 2.75) is 58.8 Å². The molecule has 0 fully saturated rings. The number of aryl methyl sites for hydroxylation is 1. The molecular weight excluding hydrogens is 316 g/mol. The fourth-order valence-corrected chi connectivity index (χ4v) is 3.27. The van der Waals surface area contributed by atoms with Gasteiger partial charge in [-0.25, -0.2) is 0 Å². The maximum atomic E-state index is 12.9. The molecule has 0 aliphatic carbocycles. The van der Waals surface area contributed by atoms with Gasteiger partial charge in [-0.05, 0) is 35.5 Å². The summed E-state index contributed by atoms with van der Waals surface area (Å²) in [6.07, 6.45) is 9.30. The Morgan fingerprint density at radius 1 is 0.923 bits per heavy atom. The van der Waals surface area contributed by atoms with Crippen LogP contribution in [0.5, 0.6) is 0 Å². The SMILES string of the molecule is CCCCCC(C)/C=C(\Cc1ccccc1)C(=O)CCc1ccccc1. The molecule has 0 bridgehead atoms. The Morgan fingerprint density at radius 2 is 1.54 bits per heavy atom. The number of Topliss-reactive ketones (excluding diaryl/α,β-unsaturated/α-hetero) is 1. The van der Waals surface area contributed by atoms with Crippen LogP contribution in [0.15, 0.2) is 72.3 Å². The van der Waals surface area contributed by atoms with Gasteiger partial charge in [-0.1, -0.05) is 99.8 Å². The van der Waals surface area contributed by atoms with Crippen molar-refractivity contribution in [1.82, 2.24) is 0 Å². The van der Waals surface area contributed by atoms with E-state index in [1.54, 1.807) is 0 Å². The molecule has 0 heterocycles. The van der Waals surface area contributed by atoms with Gasteiger partial charge in [-0.3, -0.25) is 4.79 Å². The number of carbonyl (C=O) groups excluding carboxylic acids is 1. The van der Waals surface area contributed by atoms with Crippen LogP contribution in [-0.2, 0) is 17.6 Å². The first-order chi connectivity index (χ1) is 12.7. The lowest BCUT2D eigenvalue weighted by molar-refractivity contribution is -0.115. The van der Waals surface area contributed by atoms with Crippen molar-refractivity contribution < 1.29 is 4.79 Å². The van der Waals surface area contributed by atoms with Crippen LogP contribution in [0.2, 0.25) is 0 Å². The fraction of sp³-hybridized carbons (Fsp3) is 0.400. The summed E-state index contributed by atoms with van der Waals surface area (Å²) >= 11 is 0. The molecule has 0 amide bonds. The molecule has 0 saturated heterocycles. The molecule has 0 aliphatic heterocycles. The highest BCUT2D eigenvalue weighted by Crippen LogP contribution is 2.18. The van der Waals surface area contributed by atoms with Crippen LogP contribution in [0.1, 0.15) is 57.1 Å². The summed E-state index contributed by atoms with van der Waals surface area (Å²) in [5, 5.41) is 0. The Kier molecular flexibility index (Phi) is 8.89. The quantitative estimate of drug-likeness (QED) is 0.331. The summed E-state index contributed by atoms with van der Waals surface area (Å²) in [6, 6.07) is 20.6. The lowest BCUT2D eigenvalue weighted by atomic mass is 9.92. The van der Waals surface area contributed by atoms with Gasteiger partial charge in [0.2, 0.25) is 0 Å². The summed E-state index contributed by atoms with van der Waals surface area (Å²) in [5.74, 6) is 0.751. The van der Waals surface area contributed by atoms with Gasteiger partial charge in [-0.2, -0.15) is 0 Å². The zero-order chi connectivity index (χ0) is 18.6. The lowest BCUT2D eigenvalue weighted by Crippen LogP contribution is -2.09. The van der Waals surface area contributed by atoms with Crippen LogP contribution in [0.25, 0.3) is 0 Å². The molecule has 0 saturated carbocycles. The molecule has 1 heteroatoms. The van der Waals surface area contributed by atoms with Crippen molar-refractivity contribution in [2.75, 3.05) is 0 Å². The predicted octanol–water partition coefficient (Wildman–Crippen LogP) is 6.57. The summed E-state index contributed by atoms with van der Waals surface area (Å²) in [4.78, 5) is 12.9. The zero-order valence-corrected chi connectivity index (χ0v) is 16.3. The van der Waals surface area contributed by atoms with Crippen LogP contribution >= 0.6 is 0 Å². The maximum Gasteiger partial charge on any atom is 0.159 e. The topological polar surface area (TPSA) is 17.1 Å². The van der Waals surface area contributed by atoms with Crippen molar-refractivity contribution in [3.63, 3.8) is 0 Å². The molecule has 0 spiro atoms. The largest absolute Gasteiger partial charge is 0.295 e. The van der Waals surface area contributed by atoms with E-state index in [1.165, 1.54) is 30.4 Å². The molecule has 0 aliphatic rings. The Labute approximate surface area is 159 Å². The van der Waals surface area contributed by atoms with Crippen molar-refractivity contribution >= 4 is 5.78 Å². The molecule has 2 rings (SSSR count). The summed E-state index contributed by atoms with van der Waals surface area (Å²) in [6.45, 7) is 4.47. The molecule has 1 nitrogen and oxygen atoms in total. The highest BCUT2D eigenvalue weighted by atomic mass is 16.1. The first-order valence-electron chi connectivity index (χ1n) is 10.0. The molecule has 1 atom stereocenters. The smallest absolute Gasteiger partial charge is 0.159 e. The second-order valence-electron chi connectivity index (χ2n) is 7.24. The molecule has 0 aromatic heterocycles. The minimum atomic E-state index is 0.292. The molecule has 2 aromatic rings. The predicted molar refractivity (Wildman–Crippen MR) is 111 cm³/mol. The Morgan fingerprint density at radius 3 is 2.15 bits per heavy atom. The van der Waals surface area contributed by atoms with Crippen LogP contribution in [0, 0.1) is 5.92 Å². The fourth-order valence-electron chi connectivity index (χ4n) is 3.27. The number of carbonyl (C=O) groups is 1. The van der Waals surface area contributed by atoms with Crippen molar-refractivity contribution in [1.29, 1.82) is 0 Å². The van der Waals surface area contributed by atoms with E-state index in [0.717, 1.165) is 24.8 Å². The van der Waals surface area contributed by atoms with E-state index < -0.39 is 0 Å². The minimum absolute atomic E-state index is 0.292. The Bertz CT molecular complexity index is 670. The second-order valence-corrected chi connectivity index (χ2v) is 7.24. The van der Waals surface area contributed by atoms with E-state index in [1.807, 2.05) is 36.4 Å². The molecule has 26 heavy (non-hydrogen) atoms. The van der Waals surface area contributed by atoms with Gasteiger partial charge >= 0.3 is 0 Å². The van der Waals surface area contributed by atoms with Gasteiger partial charge in [0.25, 0.3) is 0 Å². The van der Waals surface area contributed by atoms with E-state index in [9.17, 15) is 4.79 Å². The number of benzene rings is 2. The van der Waals surface area contributed by atoms with Crippen molar-refractivity contribution in [3.05, 3.63) is 83.4 Å². The van der Waals surface area contributed by atoms with E-state index >= 15 is 0 Å². The summed E-state index contributed by atoms with van der Waals surface area (Å²) < 4.78 is 0. The first kappa shape index (κ1) is 20.2. The molecule has 0 N–H and O–H groups in total. The number of allylic oxidation sites excluding steroid dienone is 2. The van der Waals surface area contributed by atoms with Crippen molar-refractivity contribution in [2.24, 2.45) is 5.92 Å². The lowest BCUT2D eigenvalue weighted by Gasteiger charge is -2.12. The van der Waals surface area contributed by atoms with Gasteiger partial charge in [0.05, 0.1) is 0 Å². The highest BCUT2D eigenvalue weighted by Gasteiger charge is 2.12. The number of ketones is 1. The zero-order valence-electron chi connectivity index (χ0n) is 16.3. The summed E-state index contributed by atoms with van der Waals surface area (Å²) in [5.41, 5.74) is 3.43. The molecule has 1 unspecified atom stereocenters.